The monoisotopic (exact) mass is 260 g/mol. The van der Waals surface area contributed by atoms with E-state index in [2.05, 4.69) is 56.5 Å². The zero-order chi connectivity index (χ0) is 13.8. The molecule has 0 unspecified atom stereocenters. The molecule has 0 saturated heterocycles. The number of allylic oxidation sites excluding steroid dienone is 2. The maximum atomic E-state index is 6.10. The van der Waals surface area contributed by atoms with Gasteiger partial charge in [-0.15, -0.1) is 0 Å². The molecule has 104 valence electrons. The molecule has 0 aromatic heterocycles. The average Bonchev–Trinajstić information content (AvgIpc) is 2.46. The van der Waals surface area contributed by atoms with Crippen LogP contribution < -0.4 is 10.6 Å². The SMILES string of the molecule is CC(C)/C1=C(\C(C)C)OCc2ccccc2NCN1. The summed E-state index contributed by atoms with van der Waals surface area (Å²) >= 11 is 0. The second-order valence-corrected chi connectivity index (χ2v) is 5.56. The van der Waals surface area contributed by atoms with E-state index in [0.29, 0.717) is 18.4 Å². The van der Waals surface area contributed by atoms with Crippen LogP contribution in [0.2, 0.25) is 0 Å². The maximum absolute atomic E-state index is 6.10. The molecule has 0 atom stereocenters. The van der Waals surface area contributed by atoms with Gasteiger partial charge >= 0.3 is 0 Å². The summed E-state index contributed by atoms with van der Waals surface area (Å²) in [5.41, 5.74) is 3.55. The van der Waals surface area contributed by atoms with E-state index >= 15 is 0 Å². The summed E-state index contributed by atoms with van der Waals surface area (Å²) in [7, 11) is 0. The standard InChI is InChI=1S/C16H24N2O/c1-11(2)15-16(12(3)4)19-9-13-7-5-6-8-14(13)17-10-18-15/h5-8,11-12,17-18H,9-10H2,1-4H3/b16-15-. The van der Waals surface area contributed by atoms with Crippen LogP contribution in [-0.2, 0) is 11.3 Å². The number of rotatable bonds is 2. The van der Waals surface area contributed by atoms with Gasteiger partial charge in [0.05, 0.1) is 12.4 Å². The first-order valence-electron chi connectivity index (χ1n) is 7.02. The van der Waals surface area contributed by atoms with Gasteiger partial charge in [-0.3, -0.25) is 0 Å². The average molecular weight is 260 g/mol. The lowest BCUT2D eigenvalue weighted by Gasteiger charge is -2.21. The Morgan fingerprint density at radius 1 is 1.00 bits per heavy atom. The number of para-hydroxylation sites is 1. The molecule has 1 aromatic rings. The summed E-state index contributed by atoms with van der Waals surface area (Å²) in [6.45, 7) is 10.1. The van der Waals surface area contributed by atoms with Gasteiger partial charge in [0.1, 0.15) is 12.4 Å². The van der Waals surface area contributed by atoms with Gasteiger partial charge in [0, 0.05) is 17.2 Å². The number of hydrogen-bond acceptors (Lipinski definition) is 3. The lowest BCUT2D eigenvalue weighted by Crippen LogP contribution is -2.26. The van der Waals surface area contributed by atoms with Crippen LogP contribution in [0, 0.1) is 11.8 Å². The molecular weight excluding hydrogens is 236 g/mol. The molecule has 0 radical (unpaired) electrons. The van der Waals surface area contributed by atoms with E-state index in [0.717, 1.165) is 18.1 Å². The molecule has 1 aliphatic rings. The summed E-state index contributed by atoms with van der Waals surface area (Å²) in [6.07, 6.45) is 0. The maximum Gasteiger partial charge on any atom is 0.118 e. The fourth-order valence-corrected chi connectivity index (χ4v) is 2.34. The molecule has 3 heteroatoms. The molecule has 0 saturated carbocycles. The van der Waals surface area contributed by atoms with Crippen LogP contribution in [0.1, 0.15) is 33.3 Å². The summed E-state index contributed by atoms with van der Waals surface area (Å²) in [5, 5.41) is 6.90. The van der Waals surface area contributed by atoms with E-state index in [4.69, 9.17) is 4.74 Å². The molecule has 0 aliphatic carbocycles. The zero-order valence-electron chi connectivity index (χ0n) is 12.3. The Morgan fingerprint density at radius 2 is 1.74 bits per heavy atom. The highest BCUT2D eigenvalue weighted by Gasteiger charge is 2.17. The quantitative estimate of drug-likeness (QED) is 0.850. The molecule has 1 heterocycles. The lowest BCUT2D eigenvalue weighted by atomic mass is 10.0. The molecule has 0 amide bonds. The molecule has 0 bridgehead atoms. The van der Waals surface area contributed by atoms with E-state index < -0.39 is 0 Å². The molecule has 1 aliphatic heterocycles. The fourth-order valence-electron chi connectivity index (χ4n) is 2.34. The van der Waals surface area contributed by atoms with E-state index in [1.54, 1.807) is 0 Å². The van der Waals surface area contributed by atoms with Crippen LogP contribution in [0.25, 0.3) is 0 Å². The Morgan fingerprint density at radius 3 is 2.42 bits per heavy atom. The molecule has 3 nitrogen and oxygen atoms in total. The lowest BCUT2D eigenvalue weighted by molar-refractivity contribution is 0.164. The normalized spacial score (nSPS) is 19.7. The van der Waals surface area contributed by atoms with Crippen molar-refractivity contribution in [3.05, 3.63) is 41.3 Å². The summed E-state index contributed by atoms with van der Waals surface area (Å²) in [4.78, 5) is 0. The van der Waals surface area contributed by atoms with Gasteiger partial charge in [-0.05, 0) is 12.0 Å². The number of benzene rings is 1. The molecule has 2 N–H and O–H groups in total. The van der Waals surface area contributed by atoms with Gasteiger partial charge in [-0.25, -0.2) is 0 Å². The first kappa shape index (κ1) is 13.8. The van der Waals surface area contributed by atoms with Gasteiger partial charge in [-0.1, -0.05) is 45.9 Å². The summed E-state index contributed by atoms with van der Waals surface area (Å²) in [6, 6.07) is 8.30. The van der Waals surface area contributed by atoms with Gasteiger partial charge in [0.25, 0.3) is 0 Å². The molecular formula is C16H24N2O. The van der Waals surface area contributed by atoms with E-state index in [-0.39, 0.29) is 0 Å². The van der Waals surface area contributed by atoms with Crippen molar-refractivity contribution in [2.24, 2.45) is 11.8 Å². The minimum absolute atomic E-state index is 0.384. The van der Waals surface area contributed by atoms with Gasteiger partial charge < -0.3 is 15.4 Å². The number of nitrogens with one attached hydrogen (secondary N) is 2. The Balaban J connectivity index is 2.31. The van der Waals surface area contributed by atoms with Crippen molar-refractivity contribution in [3.63, 3.8) is 0 Å². The Bertz CT molecular complexity index is 464. The Labute approximate surface area is 116 Å². The first-order chi connectivity index (χ1) is 9.09. The minimum atomic E-state index is 0.384. The molecule has 0 spiro atoms. The highest BCUT2D eigenvalue weighted by molar-refractivity contribution is 5.51. The highest BCUT2D eigenvalue weighted by atomic mass is 16.5. The number of fused-ring (bicyclic) bond motifs is 1. The van der Waals surface area contributed by atoms with Crippen LogP contribution in [0.3, 0.4) is 0 Å². The molecule has 0 fully saturated rings. The second kappa shape index (κ2) is 6.00. The third kappa shape index (κ3) is 3.22. The van der Waals surface area contributed by atoms with Gasteiger partial charge in [-0.2, -0.15) is 0 Å². The van der Waals surface area contributed by atoms with Crippen molar-refractivity contribution in [2.45, 2.75) is 34.3 Å². The zero-order valence-corrected chi connectivity index (χ0v) is 12.3. The van der Waals surface area contributed by atoms with Crippen LogP contribution >= 0.6 is 0 Å². The van der Waals surface area contributed by atoms with E-state index in [1.165, 1.54) is 11.3 Å². The smallest absolute Gasteiger partial charge is 0.118 e. The van der Waals surface area contributed by atoms with Crippen molar-refractivity contribution in [3.8, 4) is 0 Å². The van der Waals surface area contributed by atoms with Crippen molar-refractivity contribution in [2.75, 3.05) is 12.0 Å². The molecule has 2 rings (SSSR count). The summed E-state index contributed by atoms with van der Waals surface area (Å²) in [5.74, 6) is 1.89. The van der Waals surface area contributed by atoms with Crippen molar-refractivity contribution >= 4 is 5.69 Å². The van der Waals surface area contributed by atoms with Gasteiger partial charge in [0.15, 0.2) is 0 Å². The Hall–Kier alpha value is -1.64. The first-order valence-corrected chi connectivity index (χ1v) is 7.02. The van der Waals surface area contributed by atoms with Gasteiger partial charge in [0.2, 0.25) is 0 Å². The fraction of sp³-hybridized carbons (Fsp3) is 0.500. The van der Waals surface area contributed by atoms with Crippen LogP contribution in [0.5, 0.6) is 0 Å². The molecule has 19 heavy (non-hydrogen) atoms. The van der Waals surface area contributed by atoms with Crippen LogP contribution in [-0.4, -0.2) is 6.67 Å². The molecule has 1 aromatic carbocycles. The summed E-state index contributed by atoms with van der Waals surface area (Å²) < 4.78 is 6.10. The highest BCUT2D eigenvalue weighted by Crippen LogP contribution is 2.25. The Kier molecular flexibility index (Phi) is 4.35. The third-order valence-electron chi connectivity index (χ3n) is 3.33. The largest absolute Gasteiger partial charge is 0.491 e. The topological polar surface area (TPSA) is 33.3 Å². The predicted octanol–water partition coefficient (Wildman–Crippen LogP) is 3.70. The third-order valence-corrected chi connectivity index (χ3v) is 3.33. The number of anilines is 1. The van der Waals surface area contributed by atoms with E-state index in [9.17, 15) is 0 Å². The van der Waals surface area contributed by atoms with E-state index in [1.807, 2.05) is 6.07 Å². The van der Waals surface area contributed by atoms with Crippen molar-refractivity contribution < 1.29 is 4.74 Å². The number of ether oxygens (including phenoxy) is 1. The predicted molar refractivity (Wildman–Crippen MR) is 79.6 cm³/mol. The van der Waals surface area contributed by atoms with Crippen molar-refractivity contribution in [1.82, 2.24) is 5.32 Å². The minimum Gasteiger partial charge on any atom is -0.491 e. The van der Waals surface area contributed by atoms with Crippen LogP contribution in [0.4, 0.5) is 5.69 Å². The number of hydrogen-bond donors (Lipinski definition) is 2. The second-order valence-electron chi connectivity index (χ2n) is 5.56. The van der Waals surface area contributed by atoms with Crippen LogP contribution in [0.15, 0.2) is 35.7 Å². The van der Waals surface area contributed by atoms with Crippen molar-refractivity contribution in [1.29, 1.82) is 0 Å².